The van der Waals surface area contributed by atoms with Crippen LogP contribution in [0.5, 0.6) is 11.5 Å². The summed E-state index contributed by atoms with van der Waals surface area (Å²) in [5.74, 6) is 1.50. The lowest BCUT2D eigenvalue weighted by atomic mass is 10.2. The van der Waals surface area contributed by atoms with Crippen LogP contribution in [-0.4, -0.2) is 26.6 Å². The van der Waals surface area contributed by atoms with Gasteiger partial charge in [0.1, 0.15) is 0 Å². The third-order valence-corrected chi connectivity index (χ3v) is 5.08. The van der Waals surface area contributed by atoms with E-state index in [1.54, 1.807) is 18.2 Å². The minimum Gasteiger partial charge on any atom is -0.490 e. The first kappa shape index (κ1) is 21.4. The van der Waals surface area contributed by atoms with Gasteiger partial charge in [0.25, 0.3) is 5.69 Å². The van der Waals surface area contributed by atoms with Crippen molar-refractivity contribution in [2.24, 2.45) is 5.92 Å². The van der Waals surface area contributed by atoms with Crippen molar-refractivity contribution in [2.75, 3.05) is 13.2 Å². The molecule has 2 aromatic carbocycles. The number of ether oxygens (including phenoxy) is 2. The Kier molecular flexibility index (Phi) is 7.17. The van der Waals surface area contributed by atoms with Crippen molar-refractivity contribution in [3.63, 3.8) is 0 Å². The molecule has 0 aliphatic rings. The van der Waals surface area contributed by atoms with Crippen LogP contribution >= 0.6 is 0 Å². The molecule has 0 atom stereocenters. The monoisotopic (exact) mass is 405 g/mol. The number of benzene rings is 2. The number of non-ortho nitro benzene ring substituents is 1. The minimum absolute atomic E-state index is 0.0173. The molecule has 0 aromatic heterocycles. The van der Waals surface area contributed by atoms with Gasteiger partial charge in [-0.15, -0.1) is 0 Å². The maximum absolute atomic E-state index is 12.4. The van der Waals surface area contributed by atoms with Crippen LogP contribution in [0.3, 0.4) is 0 Å². The second-order valence-electron chi connectivity index (χ2n) is 6.44. The molecule has 0 N–H and O–H groups in total. The Morgan fingerprint density at radius 3 is 2.32 bits per heavy atom. The van der Waals surface area contributed by atoms with Gasteiger partial charge in [0.05, 0.1) is 23.0 Å². The summed E-state index contributed by atoms with van der Waals surface area (Å²) in [5.41, 5.74) is 0.465. The summed E-state index contributed by atoms with van der Waals surface area (Å²) in [6.07, 6.45) is 1.45. The van der Waals surface area contributed by atoms with Gasteiger partial charge < -0.3 is 9.47 Å². The maximum atomic E-state index is 12.4. The van der Waals surface area contributed by atoms with Crippen LogP contribution in [0.2, 0.25) is 0 Å². The second kappa shape index (κ2) is 9.36. The van der Waals surface area contributed by atoms with Gasteiger partial charge in [-0.25, -0.2) is 8.42 Å². The first-order chi connectivity index (χ1) is 13.2. The number of hydrogen-bond acceptors (Lipinski definition) is 6. The van der Waals surface area contributed by atoms with Gasteiger partial charge in [0.15, 0.2) is 21.3 Å². The Morgan fingerprint density at radius 2 is 1.75 bits per heavy atom. The molecule has 150 valence electrons. The Labute approximate surface area is 164 Å². The van der Waals surface area contributed by atoms with Crippen molar-refractivity contribution in [3.05, 3.63) is 63.6 Å². The van der Waals surface area contributed by atoms with E-state index in [1.165, 1.54) is 18.2 Å². The third-order valence-electron chi connectivity index (χ3n) is 3.66. The van der Waals surface area contributed by atoms with E-state index in [2.05, 4.69) is 0 Å². The number of sulfone groups is 1. The Hall–Kier alpha value is -2.87. The van der Waals surface area contributed by atoms with Crippen LogP contribution < -0.4 is 9.47 Å². The molecule has 0 unspecified atom stereocenters. The molecule has 8 heteroatoms. The van der Waals surface area contributed by atoms with Crippen LogP contribution in [0.1, 0.15) is 26.3 Å². The molecule has 0 amide bonds. The van der Waals surface area contributed by atoms with E-state index < -0.39 is 14.8 Å². The first-order valence-corrected chi connectivity index (χ1v) is 10.3. The van der Waals surface area contributed by atoms with Crippen LogP contribution in [0.25, 0.3) is 6.08 Å². The fraction of sp³-hybridized carbons (Fsp3) is 0.300. The van der Waals surface area contributed by atoms with Gasteiger partial charge in [-0.1, -0.05) is 19.9 Å². The summed E-state index contributed by atoms with van der Waals surface area (Å²) in [6, 6.07) is 9.94. The van der Waals surface area contributed by atoms with E-state index in [9.17, 15) is 18.5 Å². The molecule has 28 heavy (non-hydrogen) atoms. The largest absolute Gasteiger partial charge is 0.490 e. The molecule has 0 radical (unpaired) electrons. The number of nitrogens with zero attached hydrogens (tertiary/aromatic N) is 1. The van der Waals surface area contributed by atoms with E-state index in [-0.39, 0.29) is 10.6 Å². The molecule has 0 saturated heterocycles. The fourth-order valence-electron chi connectivity index (χ4n) is 2.28. The van der Waals surface area contributed by atoms with Crippen molar-refractivity contribution in [1.82, 2.24) is 0 Å². The normalized spacial score (nSPS) is 11.7. The highest BCUT2D eigenvalue weighted by Crippen LogP contribution is 2.30. The van der Waals surface area contributed by atoms with E-state index >= 15 is 0 Å². The van der Waals surface area contributed by atoms with E-state index in [4.69, 9.17) is 9.47 Å². The highest BCUT2D eigenvalue weighted by molar-refractivity contribution is 7.94. The molecule has 0 aliphatic carbocycles. The highest BCUT2D eigenvalue weighted by atomic mass is 32.2. The summed E-state index contributed by atoms with van der Waals surface area (Å²) >= 11 is 0. The van der Waals surface area contributed by atoms with Gasteiger partial charge in [-0.2, -0.15) is 0 Å². The van der Waals surface area contributed by atoms with Gasteiger partial charge >= 0.3 is 0 Å². The van der Waals surface area contributed by atoms with Crippen molar-refractivity contribution < 1.29 is 22.8 Å². The minimum atomic E-state index is -3.73. The molecule has 2 rings (SSSR count). The molecule has 0 fully saturated rings. The Balaban J connectivity index is 2.23. The predicted octanol–water partition coefficient (Wildman–Crippen LogP) is 4.47. The van der Waals surface area contributed by atoms with Gasteiger partial charge in [0, 0.05) is 17.5 Å². The van der Waals surface area contributed by atoms with Crippen molar-refractivity contribution >= 4 is 21.6 Å². The van der Waals surface area contributed by atoms with Crippen molar-refractivity contribution in [2.45, 2.75) is 25.7 Å². The quantitative estimate of drug-likeness (QED) is 0.451. The molecule has 0 saturated carbocycles. The van der Waals surface area contributed by atoms with Crippen molar-refractivity contribution in [1.29, 1.82) is 0 Å². The average molecular weight is 405 g/mol. The lowest BCUT2D eigenvalue weighted by Gasteiger charge is -2.14. The predicted molar refractivity (Wildman–Crippen MR) is 107 cm³/mol. The third kappa shape index (κ3) is 5.82. The van der Waals surface area contributed by atoms with Crippen molar-refractivity contribution in [3.8, 4) is 11.5 Å². The zero-order chi connectivity index (χ0) is 20.7. The number of nitro benzene ring substituents is 1. The van der Waals surface area contributed by atoms with E-state index in [1.807, 2.05) is 20.8 Å². The summed E-state index contributed by atoms with van der Waals surface area (Å²) in [4.78, 5) is 10.1. The topological polar surface area (TPSA) is 95.7 Å². The average Bonchev–Trinajstić information content (AvgIpc) is 2.66. The van der Waals surface area contributed by atoms with Crippen LogP contribution in [0.4, 0.5) is 5.69 Å². The lowest BCUT2D eigenvalue weighted by Crippen LogP contribution is -2.06. The Bertz CT molecular complexity index is 949. The standard InChI is InChI=1S/C20H23NO6S/c1-4-26-20-13-16(5-10-19(20)27-14-15(2)3)11-12-28(24,25)18-8-6-17(7-9-18)21(22)23/h5-13,15H,4,14H2,1-3H3/b12-11+. The number of nitro groups is 1. The van der Waals surface area contributed by atoms with Gasteiger partial charge in [-0.05, 0) is 48.7 Å². The zero-order valence-corrected chi connectivity index (χ0v) is 16.8. The molecule has 0 spiro atoms. The molecular weight excluding hydrogens is 382 g/mol. The van der Waals surface area contributed by atoms with Gasteiger partial charge in [-0.3, -0.25) is 10.1 Å². The zero-order valence-electron chi connectivity index (χ0n) is 16.0. The van der Waals surface area contributed by atoms with E-state index in [0.717, 1.165) is 17.5 Å². The second-order valence-corrected chi connectivity index (χ2v) is 8.28. The highest BCUT2D eigenvalue weighted by Gasteiger charge is 2.13. The molecule has 0 bridgehead atoms. The molecular formula is C20H23NO6S. The Morgan fingerprint density at radius 1 is 1.07 bits per heavy atom. The van der Waals surface area contributed by atoms with Crippen LogP contribution in [0, 0.1) is 16.0 Å². The molecule has 0 heterocycles. The first-order valence-electron chi connectivity index (χ1n) is 8.80. The summed E-state index contributed by atoms with van der Waals surface area (Å²) < 4.78 is 36.2. The van der Waals surface area contributed by atoms with Crippen LogP contribution in [0.15, 0.2) is 52.8 Å². The van der Waals surface area contributed by atoms with Gasteiger partial charge in [0.2, 0.25) is 0 Å². The molecule has 0 aliphatic heterocycles. The summed E-state index contributed by atoms with van der Waals surface area (Å²) in [6.45, 7) is 6.94. The maximum Gasteiger partial charge on any atom is 0.269 e. The van der Waals surface area contributed by atoms with E-state index in [0.29, 0.717) is 36.2 Å². The lowest BCUT2D eigenvalue weighted by molar-refractivity contribution is -0.384. The molecule has 2 aromatic rings. The fourth-order valence-corrected chi connectivity index (χ4v) is 3.29. The SMILES string of the molecule is CCOc1cc(/C=C/S(=O)(=O)c2ccc([N+](=O)[O-])cc2)ccc1OCC(C)C. The molecule has 7 nitrogen and oxygen atoms in total. The number of rotatable bonds is 9. The smallest absolute Gasteiger partial charge is 0.269 e. The summed E-state index contributed by atoms with van der Waals surface area (Å²) in [7, 11) is -3.73. The number of hydrogen-bond donors (Lipinski definition) is 0. The van der Waals surface area contributed by atoms with Crippen LogP contribution in [-0.2, 0) is 9.84 Å². The summed E-state index contributed by atoms with van der Waals surface area (Å²) in [5, 5.41) is 11.8.